The van der Waals surface area contributed by atoms with Crippen molar-refractivity contribution in [2.24, 2.45) is 5.73 Å². The van der Waals surface area contributed by atoms with Gasteiger partial charge in [0.05, 0.1) is 6.10 Å². The lowest BCUT2D eigenvalue weighted by Gasteiger charge is -2.17. The summed E-state index contributed by atoms with van der Waals surface area (Å²) in [6.07, 6.45) is 2.01. The molecule has 5 heteroatoms. The molecule has 1 aromatic rings. The lowest BCUT2D eigenvalue weighted by molar-refractivity contribution is -0.118. The third kappa shape index (κ3) is 4.72. The molecule has 0 aliphatic heterocycles. The highest BCUT2D eigenvalue weighted by atomic mass is 16.5. The summed E-state index contributed by atoms with van der Waals surface area (Å²) >= 11 is 0. The second kappa shape index (κ2) is 6.08. The SMILES string of the molecule is CC(CC(N)=O)Nc1ncccc1OC(C)C. The Bertz CT molecular complexity index is 380. The van der Waals surface area contributed by atoms with Gasteiger partial charge in [-0.05, 0) is 32.9 Å². The summed E-state index contributed by atoms with van der Waals surface area (Å²) in [5, 5.41) is 3.11. The molecule has 5 nitrogen and oxygen atoms in total. The van der Waals surface area contributed by atoms with Crippen LogP contribution in [0.25, 0.3) is 0 Å². The number of hydrogen-bond acceptors (Lipinski definition) is 4. The van der Waals surface area contributed by atoms with Crippen molar-refractivity contribution in [1.29, 1.82) is 0 Å². The molecule has 1 amide bonds. The van der Waals surface area contributed by atoms with Gasteiger partial charge in [-0.1, -0.05) is 0 Å². The maximum Gasteiger partial charge on any atom is 0.219 e. The van der Waals surface area contributed by atoms with E-state index in [1.807, 2.05) is 32.9 Å². The highest BCUT2D eigenvalue weighted by Gasteiger charge is 2.11. The largest absolute Gasteiger partial charge is 0.487 e. The number of aromatic nitrogens is 1. The van der Waals surface area contributed by atoms with E-state index >= 15 is 0 Å². The van der Waals surface area contributed by atoms with Gasteiger partial charge in [0.1, 0.15) is 0 Å². The van der Waals surface area contributed by atoms with Crippen molar-refractivity contribution in [3.05, 3.63) is 18.3 Å². The monoisotopic (exact) mass is 237 g/mol. The van der Waals surface area contributed by atoms with Gasteiger partial charge in [0.25, 0.3) is 0 Å². The Morgan fingerprint density at radius 2 is 2.24 bits per heavy atom. The van der Waals surface area contributed by atoms with Crippen LogP contribution in [0.4, 0.5) is 5.82 Å². The number of ether oxygens (including phenoxy) is 1. The molecule has 1 rings (SSSR count). The summed E-state index contributed by atoms with van der Waals surface area (Å²) in [6.45, 7) is 5.77. The Balaban J connectivity index is 2.72. The number of amides is 1. The first-order valence-corrected chi connectivity index (χ1v) is 5.65. The van der Waals surface area contributed by atoms with Crippen LogP contribution in [0.2, 0.25) is 0 Å². The molecule has 0 saturated heterocycles. The molecule has 0 bridgehead atoms. The molecule has 1 unspecified atom stereocenters. The zero-order valence-corrected chi connectivity index (χ0v) is 10.4. The van der Waals surface area contributed by atoms with Crippen LogP contribution in [0.15, 0.2) is 18.3 Å². The van der Waals surface area contributed by atoms with Crippen LogP contribution < -0.4 is 15.8 Å². The third-order valence-electron chi connectivity index (χ3n) is 2.02. The van der Waals surface area contributed by atoms with E-state index in [9.17, 15) is 4.79 Å². The van der Waals surface area contributed by atoms with E-state index in [1.54, 1.807) is 6.20 Å². The highest BCUT2D eigenvalue weighted by molar-refractivity contribution is 5.74. The van der Waals surface area contributed by atoms with E-state index in [0.717, 1.165) is 0 Å². The number of nitrogens with two attached hydrogens (primary N) is 1. The fraction of sp³-hybridized carbons (Fsp3) is 0.500. The smallest absolute Gasteiger partial charge is 0.219 e. The molecular formula is C12H19N3O2. The molecule has 1 heterocycles. The summed E-state index contributed by atoms with van der Waals surface area (Å²) in [5.74, 6) is 0.973. The summed E-state index contributed by atoms with van der Waals surface area (Å²) in [4.78, 5) is 15.0. The summed E-state index contributed by atoms with van der Waals surface area (Å²) in [7, 11) is 0. The average Bonchev–Trinajstić information content (AvgIpc) is 2.18. The van der Waals surface area contributed by atoms with Gasteiger partial charge in [0, 0.05) is 18.7 Å². The number of nitrogens with zero attached hydrogens (tertiary/aromatic N) is 1. The Morgan fingerprint density at radius 3 is 2.82 bits per heavy atom. The van der Waals surface area contributed by atoms with Crippen LogP contribution in [0.1, 0.15) is 27.2 Å². The molecule has 17 heavy (non-hydrogen) atoms. The molecule has 0 aliphatic carbocycles. The standard InChI is InChI=1S/C12H19N3O2/c1-8(2)17-10-5-4-6-14-12(10)15-9(3)7-11(13)16/h4-6,8-9H,7H2,1-3H3,(H2,13,16)(H,14,15). The molecule has 0 fully saturated rings. The molecular weight excluding hydrogens is 218 g/mol. The Morgan fingerprint density at radius 1 is 1.53 bits per heavy atom. The quantitative estimate of drug-likeness (QED) is 0.786. The number of rotatable bonds is 6. The van der Waals surface area contributed by atoms with Crippen molar-refractivity contribution in [2.75, 3.05) is 5.32 Å². The van der Waals surface area contributed by atoms with Gasteiger partial charge in [0.15, 0.2) is 11.6 Å². The van der Waals surface area contributed by atoms with E-state index < -0.39 is 0 Å². The maximum atomic E-state index is 10.8. The molecule has 0 saturated carbocycles. The van der Waals surface area contributed by atoms with Gasteiger partial charge in [0.2, 0.25) is 5.91 Å². The predicted octanol–water partition coefficient (Wildman–Crippen LogP) is 1.54. The van der Waals surface area contributed by atoms with Gasteiger partial charge in [-0.15, -0.1) is 0 Å². The van der Waals surface area contributed by atoms with Gasteiger partial charge in [-0.2, -0.15) is 0 Å². The van der Waals surface area contributed by atoms with Gasteiger partial charge in [-0.25, -0.2) is 4.98 Å². The van der Waals surface area contributed by atoms with Crippen LogP contribution in [0, 0.1) is 0 Å². The molecule has 1 atom stereocenters. The predicted molar refractivity (Wildman–Crippen MR) is 66.9 cm³/mol. The van der Waals surface area contributed by atoms with E-state index in [-0.39, 0.29) is 24.5 Å². The van der Waals surface area contributed by atoms with Crippen molar-refractivity contribution in [3.8, 4) is 5.75 Å². The lowest BCUT2D eigenvalue weighted by Crippen LogP contribution is -2.24. The summed E-state index contributed by atoms with van der Waals surface area (Å²) in [5.41, 5.74) is 5.14. The second-order valence-electron chi connectivity index (χ2n) is 4.23. The van der Waals surface area contributed by atoms with Crippen molar-refractivity contribution >= 4 is 11.7 Å². The minimum atomic E-state index is -0.341. The second-order valence-corrected chi connectivity index (χ2v) is 4.23. The van der Waals surface area contributed by atoms with E-state index in [0.29, 0.717) is 11.6 Å². The van der Waals surface area contributed by atoms with Crippen LogP contribution in [-0.4, -0.2) is 23.0 Å². The average molecular weight is 237 g/mol. The van der Waals surface area contributed by atoms with E-state index in [1.165, 1.54) is 0 Å². The summed E-state index contributed by atoms with van der Waals surface area (Å²) in [6, 6.07) is 3.57. The molecule has 3 N–H and O–H groups in total. The number of nitrogens with one attached hydrogen (secondary N) is 1. The number of hydrogen-bond donors (Lipinski definition) is 2. The first-order valence-electron chi connectivity index (χ1n) is 5.65. The van der Waals surface area contributed by atoms with Crippen molar-refractivity contribution in [3.63, 3.8) is 0 Å². The zero-order chi connectivity index (χ0) is 12.8. The highest BCUT2D eigenvalue weighted by Crippen LogP contribution is 2.23. The Kier molecular flexibility index (Phi) is 4.75. The molecule has 0 aliphatic rings. The Labute approximate surface area is 101 Å². The lowest BCUT2D eigenvalue weighted by atomic mass is 10.2. The minimum Gasteiger partial charge on any atom is -0.487 e. The number of anilines is 1. The number of pyridine rings is 1. The van der Waals surface area contributed by atoms with E-state index in [2.05, 4.69) is 10.3 Å². The molecule has 0 aromatic carbocycles. The van der Waals surface area contributed by atoms with Crippen LogP contribution >= 0.6 is 0 Å². The topological polar surface area (TPSA) is 77.2 Å². The van der Waals surface area contributed by atoms with Crippen molar-refractivity contribution in [2.45, 2.75) is 39.3 Å². The third-order valence-corrected chi connectivity index (χ3v) is 2.02. The van der Waals surface area contributed by atoms with Crippen LogP contribution in [0.5, 0.6) is 5.75 Å². The number of primary amides is 1. The number of carbonyl (C=O) groups is 1. The summed E-state index contributed by atoms with van der Waals surface area (Å²) < 4.78 is 5.61. The maximum absolute atomic E-state index is 10.8. The van der Waals surface area contributed by atoms with Crippen LogP contribution in [0.3, 0.4) is 0 Å². The zero-order valence-electron chi connectivity index (χ0n) is 10.4. The van der Waals surface area contributed by atoms with Crippen molar-refractivity contribution < 1.29 is 9.53 Å². The van der Waals surface area contributed by atoms with Gasteiger partial charge >= 0.3 is 0 Å². The molecule has 94 valence electrons. The van der Waals surface area contributed by atoms with E-state index in [4.69, 9.17) is 10.5 Å². The first-order chi connectivity index (χ1) is 7.99. The Hall–Kier alpha value is -1.78. The molecule has 0 spiro atoms. The molecule has 0 radical (unpaired) electrons. The van der Waals surface area contributed by atoms with Gasteiger partial charge < -0.3 is 15.8 Å². The van der Waals surface area contributed by atoms with Gasteiger partial charge in [-0.3, -0.25) is 4.79 Å². The normalized spacial score (nSPS) is 12.2. The first kappa shape index (κ1) is 13.3. The number of carbonyl (C=O) groups excluding carboxylic acids is 1. The van der Waals surface area contributed by atoms with Crippen molar-refractivity contribution in [1.82, 2.24) is 4.98 Å². The fourth-order valence-corrected chi connectivity index (χ4v) is 1.43. The fourth-order valence-electron chi connectivity index (χ4n) is 1.43. The van der Waals surface area contributed by atoms with Crippen LogP contribution in [-0.2, 0) is 4.79 Å². The molecule has 1 aromatic heterocycles. The minimum absolute atomic E-state index is 0.0723.